The van der Waals surface area contributed by atoms with Crippen LogP contribution in [0.3, 0.4) is 0 Å². The number of carbonyl (C=O) groups excluding carboxylic acids is 1. The summed E-state index contributed by atoms with van der Waals surface area (Å²) in [4.78, 5) is 14.0. The molecule has 0 spiro atoms. The van der Waals surface area contributed by atoms with Crippen LogP contribution in [-0.2, 0) is 4.74 Å². The molecule has 0 bridgehead atoms. The monoisotopic (exact) mass is 278 g/mol. The van der Waals surface area contributed by atoms with Crippen molar-refractivity contribution in [3.63, 3.8) is 0 Å². The Balaban J connectivity index is 2.46. The molecule has 0 saturated carbocycles. The molecule has 0 aromatic heterocycles. The van der Waals surface area contributed by atoms with Crippen molar-refractivity contribution in [1.29, 1.82) is 5.26 Å². The van der Waals surface area contributed by atoms with Crippen LogP contribution >= 0.6 is 0 Å². The van der Waals surface area contributed by atoms with Crippen LogP contribution in [0.25, 0.3) is 0 Å². The van der Waals surface area contributed by atoms with Crippen molar-refractivity contribution in [3.8, 4) is 6.07 Å². The molecule has 108 valence electrons. The number of hydrogen-bond donors (Lipinski definition) is 0. The number of benzene rings is 1. The zero-order chi connectivity index (χ0) is 14.8. The van der Waals surface area contributed by atoms with Gasteiger partial charge in [0.1, 0.15) is 5.82 Å². The molecule has 0 saturated heterocycles. The van der Waals surface area contributed by atoms with Gasteiger partial charge in [-0.05, 0) is 24.3 Å². The standard InChI is InChI=1S/C15H19FN2O2/c1-20-12-11-18(9-2-8-17)10-7-15(19)13-3-5-14(16)6-4-13/h3-6H,2,7,9-12H2,1H3. The summed E-state index contributed by atoms with van der Waals surface area (Å²) in [5.74, 6) is -0.373. The van der Waals surface area contributed by atoms with E-state index in [1.165, 1.54) is 24.3 Å². The van der Waals surface area contributed by atoms with Gasteiger partial charge >= 0.3 is 0 Å². The van der Waals surface area contributed by atoms with Crippen LogP contribution in [0.15, 0.2) is 24.3 Å². The van der Waals surface area contributed by atoms with Crippen LogP contribution < -0.4 is 0 Å². The number of hydrogen-bond acceptors (Lipinski definition) is 4. The van der Waals surface area contributed by atoms with Crippen molar-refractivity contribution < 1.29 is 13.9 Å². The maximum absolute atomic E-state index is 12.8. The molecule has 0 aliphatic rings. The lowest BCUT2D eigenvalue weighted by Gasteiger charge is -2.20. The Morgan fingerprint density at radius 3 is 2.60 bits per heavy atom. The molecule has 0 fully saturated rings. The first-order valence-electron chi connectivity index (χ1n) is 6.54. The predicted octanol–water partition coefficient (Wildman–Crippen LogP) is 2.26. The highest BCUT2D eigenvalue weighted by molar-refractivity contribution is 5.96. The number of carbonyl (C=O) groups is 1. The molecule has 0 aliphatic heterocycles. The molecule has 0 unspecified atom stereocenters. The summed E-state index contributed by atoms with van der Waals surface area (Å²) in [5, 5.41) is 8.61. The van der Waals surface area contributed by atoms with Crippen molar-refractivity contribution in [2.75, 3.05) is 33.4 Å². The van der Waals surface area contributed by atoms with Crippen molar-refractivity contribution in [2.45, 2.75) is 12.8 Å². The van der Waals surface area contributed by atoms with E-state index < -0.39 is 0 Å². The maximum Gasteiger partial charge on any atom is 0.164 e. The summed E-state index contributed by atoms with van der Waals surface area (Å²) < 4.78 is 17.8. The molecule has 1 aromatic carbocycles. The first-order chi connectivity index (χ1) is 9.67. The van der Waals surface area contributed by atoms with Crippen LogP contribution in [0.2, 0.25) is 0 Å². The normalized spacial score (nSPS) is 10.5. The number of ether oxygens (including phenoxy) is 1. The Morgan fingerprint density at radius 1 is 1.30 bits per heavy atom. The van der Waals surface area contributed by atoms with Gasteiger partial charge in [-0.3, -0.25) is 9.69 Å². The first-order valence-corrected chi connectivity index (χ1v) is 6.54. The summed E-state index contributed by atoms with van der Waals surface area (Å²) in [6.45, 7) is 2.45. The zero-order valence-electron chi connectivity index (χ0n) is 11.6. The molecule has 20 heavy (non-hydrogen) atoms. The fourth-order valence-corrected chi connectivity index (χ4v) is 1.80. The van der Waals surface area contributed by atoms with Crippen LogP contribution in [0.5, 0.6) is 0 Å². The minimum atomic E-state index is -0.350. The lowest BCUT2D eigenvalue weighted by atomic mass is 10.1. The quantitative estimate of drug-likeness (QED) is 0.650. The number of halogens is 1. The molecule has 4 nitrogen and oxygen atoms in total. The van der Waals surface area contributed by atoms with Crippen LogP contribution in [0.4, 0.5) is 4.39 Å². The predicted molar refractivity (Wildman–Crippen MR) is 73.9 cm³/mol. The summed E-state index contributed by atoms with van der Waals surface area (Å²) in [6, 6.07) is 7.64. The maximum atomic E-state index is 12.8. The first kappa shape index (κ1) is 16.3. The molecule has 0 aliphatic carbocycles. The Hall–Kier alpha value is -1.77. The molecule has 1 aromatic rings. The van der Waals surface area contributed by atoms with Gasteiger partial charge in [0.05, 0.1) is 12.7 Å². The Bertz CT molecular complexity index is 454. The minimum Gasteiger partial charge on any atom is -0.383 e. The lowest BCUT2D eigenvalue weighted by Crippen LogP contribution is -2.30. The molecule has 0 N–H and O–H groups in total. The summed E-state index contributed by atoms with van der Waals surface area (Å²) in [6.07, 6.45) is 0.773. The van der Waals surface area contributed by atoms with E-state index in [0.29, 0.717) is 44.6 Å². The lowest BCUT2D eigenvalue weighted by molar-refractivity contribution is 0.0950. The average Bonchev–Trinajstić information content (AvgIpc) is 2.47. The highest BCUT2D eigenvalue weighted by atomic mass is 19.1. The number of nitriles is 1. The van der Waals surface area contributed by atoms with E-state index >= 15 is 0 Å². The highest BCUT2D eigenvalue weighted by Crippen LogP contribution is 2.07. The molecule has 1 rings (SSSR count). The smallest absolute Gasteiger partial charge is 0.164 e. The number of Topliss-reactive ketones (excluding diaryl/α,β-unsaturated/α-hetero) is 1. The average molecular weight is 278 g/mol. The summed E-state index contributed by atoms with van der Waals surface area (Å²) in [7, 11) is 1.62. The van der Waals surface area contributed by atoms with Gasteiger partial charge in [0.25, 0.3) is 0 Å². The minimum absolute atomic E-state index is 0.0237. The van der Waals surface area contributed by atoms with E-state index in [4.69, 9.17) is 10.00 Å². The van der Waals surface area contributed by atoms with Crippen LogP contribution in [0, 0.1) is 17.1 Å². The fourth-order valence-electron chi connectivity index (χ4n) is 1.80. The number of nitrogens with zero attached hydrogens (tertiary/aromatic N) is 2. The summed E-state index contributed by atoms with van der Waals surface area (Å²) >= 11 is 0. The van der Waals surface area contributed by atoms with Gasteiger partial charge < -0.3 is 4.74 Å². The zero-order valence-corrected chi connectivity index (χ0v) is 11.6. The second-order valence-electron chi connectivity index (χ2n) is 4.42. The molecular weight excluding hydrogens is 259 g/mol. The Kier molecular flexibility index (Phi) is 7.48. The van der Waals surface area contributed by atoms with Crippen molar-refractivity contribution >= 4 is 5.78 Å². The summed E-state index contributed by atoms with van der Waals surface area (Å²) in [5.41, 5.74) is 0.512. The van der Waals surface area contributed by atoms with Crippen molar-refractivity contribution in [1.82, 2.24) is 4.90 Å². The fraction of sp³-hybridized carbons (Fsp3) is 0.467. The van der Waals surface area contributed by atoms with Gasteiger partial charge in [-0.25, -0.2) is 4.39 Å². The number of rotatable bonds is 9. The van der Waals surface area contributed by atoms with Crippen LogP contribution in [0.1, 0.15) is 23.2 Å². The van der Waals surface area contributed by atoms with Gasteiger partial charge in [-0.15, -0.1) is 0 Å². The van der Waals surface area contributed by atoms with E-state index in [0.717, 1.165) is 0 Å². The van der Waals surface area contributed by atoms with E-state index in [1.807, 2.05) is 4.90 Å². The topological polar surface area (TPSA) is 53.3 Å². The van der Waals surface area contributed by atoms with Gasteiger partial charge in [0.2, 0.25) is 0 Å². The Labute approximate surface area is 118 Å². The van der Waals surface area contributed by atoms with Gasteiger partial charge in [-0.1, -0.05) is 0 Å². The third-order valence-electron chi connectivity index (χ3n) is 2.97. The van der Waals surface area contributed by atoms with E-state index in [9.17, 15) is 9.18 Å². The molecular formula is C15H19FN2O2. The molecule has 0 radical (unpaired) electrons. The van der Waals surface area contributed by atoms with Crippen molar-refractivity contribution in [3.05, 3.63) is 35.6 Å². The van der Waals surface area contributed by atoms with E-state index in [1.54, 1.807) is 7.11 Å². The molecule has 0 heterocycles. The second-order valence-corrected chi connectivity index (χ2v) is 4.42. The highest BCUT2D eigenvalue weighted by Gasteiger charge is 2.10. The Morgan fingerprint density at radius 2 is 2.00 bits per heavy atom. The van der Waals surface area contributed by atoms with Gasteiger partial charge in [0.15, 0.2) is 5.78 Å². The largest absolute Gasteiger partial charge is 0.383 e. The molecule has 5 heteroatoms. The molecule has 0 amide bonds. The van der Waals surface area contributed by atoms with Gasteiger partial charge in [0, 0.05) is 45.1 Å². The third kappa shape index (κ3) is 5.91. The molecule has 0 atom stereocenters. The second kappa shape index (κ2) is 9.18. The van der Waals surface area contributed by atoms with E-state index in [-0.39, 0.29) is 11.6 Å². The van der Waals surface area contributed by atoms with E-state index in [2.05, 4.69) is 6.07 Å². The third-order valence-corrected chi connectivity index (χ3v) is 2.97. The van der Waals surface area contributed by atoms with Gasteiger partial charge in [-0.2, -0.15) is 5.26 Å². The number of methoxy groups -OCH3 is 1. The SMILES string of the molecule is COCCN(CCC#N)CCC(=O)c1ccc(F)cc1. The van der Waals surface area contributed by atoms with Crippen LogP contribution in [-0.4, -0.2) is 44.0 Å². The van der Waals surface area contributed by atoms with Crippen molar-refractivity contribution in [2.24, 2.45) is 0 Å². The number of ketones is 1.